The van der Waals surface area contributed by atoms with E-state index >= 15 is 0 Å². The number of aromatic amines is 1. The third-order valence-electron chi connectivity index (χ3n) is 3.88. The highest BCUT2D eigenvalue weighted by atomic mass is 16.3. The molecule has 1 aromatic heterocycles. The van der Waals surface area contributed by atoms with E-state index < -0.39 is 0 Å². The average Bonchev–Trinajstić information content (AvgIpc) is 2.94. The first-order chi connectivity index (χ1) is 11.7. The lowest BCUT2D eigenvalue weighted by atomic mass is 10.2. The second kappa shape index (κ2) is 7.19. The van der Waals surface area contributed by atoms with Crippen molar-refractivity contribution in [3.63, 3.8) is 0 Å². The largest absolute Gasteiger partial charge is 0.395 e. The van der Waals surface area contributed by atoms with Crippen LogP contribution < -0.4 is 5.32 Å². The van der Waals surface area contributed by atoms with Gasteiger partial charge in [-0.1, -0.05) is 30.3 Å². The molecule has 5 heteroatoms. The van der Waals surface area contributed by atoms with Gasteiger partial charge in [-0.05, 0) is 36.8 Å². The third kappa shape index (κ3) is 3.75. The van der Waals surface area contributed by atoms with Gasteiger partial charge in [-0.15, -0.1) is 0 Å². The first-order valence-corrected chi connectivity index (χ1v) is 7.96. The number of benzene rings is 2. The van der Waals surface area contributed by atoms with Crippen molar-refractivity contribution in [2.24, 2.45) is 0 Å². The number of nitrogens with zero attached hydrogens (tertiary/aromatic N) is 1. The average molecular weight is 323 g/mol. The number of hydrogen-bond acceptors (Lipinski definition) is 2. The molecule has 0 spiro atoms. The summed E-state index contributed by atoms with van der Waals surface area (Å²) in [6.07, 6.45) is 0. The number of aromatic nitrogens is 1. The van der Waals surface area contributed by atoms with Crippen molar-refractivity contribution in [3.05, 3.63) is 65.9 Å². The lowest BCUT2D eigenvalue weighted by Crippen LogP contribution is -2.36. The molecule has 0 saturated carbocycles. The topological polar surface area (TPSA) is 68.4 Å². The molecule has 1 heterocycles. The normalized spacial score (nSPS) is 10.8. The zero-order valence-corrected chi connectivity index (χ0v) is 13.6. The number of carbonyl (C=O) groups is 1. The van der Waals surface area contributed by atoms with Gasteiger partial charge in [0.25, 0.3) is 0 Å². The quantitative estimate of drug-likeness (QED) is 0.672. The Kier molecular flexibility index (Phi) is 4.82. The molecule has 0 radical (unpaired) electrons. The summed E-state index contributed by atoms with van der Waals surface area (Å²) in [5.41, 5.74) is 3.89. The lowest BCUT2D eigenvalue weighted by molar-refractivity contribution is 0.185. The number of fused-ring (bicyclic) bond motifs is 1. The zero-order valence-electron chi connectivity index (χ0n) is 13.6. The number of anilines is 1. The van der Waals surface area contributed by atoms with E-state index in [0.717, 1.165) is 27.8 Å². The molecule has 2 aromatic carbocycles. The molecule has 3 rings (SSSR count). The summed E-state index contributed by atoms with van der Waals surface area (Å²) >= 11 is 0. The Bertz CT molecular complexity index is 827. The van der Waals surface area contributed by atoms with Gasteiger partial charge >= 0.3 is 6.03 Å². The number of urea groups is 1. The van der Waals surface area contributed by atoms with E-state index in [4.69, 9.17) is 0 Å². The highest BCUT2D eigenvalue weighted by Crippen LogP contribution is 2.20. The van der Waals surface area contributed by atoms with Crippen molar-refractivity contribution < 1.29 is 9.90 Å². The van der Waals surface area contributed by atoms with Crippen molar-refractivity contribution in [1.82, 2.24) is 9.88 Å². The number of aliphatic hydroxyl groups excluding tert-OH is 1. The number of H-pyrrole nitrogens is 1. The van der Waals surface area contributed by atoms with Crippen LogP contribution in [0.1, 0.15) is 11.3 Å². The minimum Gasteiger partial charge on any atom is -0.395 e. The van der Waals surface area contributed by atoms with E-state index in [9.17, 15) is 9.90 Å². The summed E-state index contributed by atoms with van der Waals surface area (Å²) in [5.74, 6) is 0. The molecule has 124 valence electrons. The summed E-state index contributed by atoms with van der Waals surface area (Å²) in [6, 6.07) is 17.3. The Morgan fingerprint density at radius 3 is 2.71 bits per heavy atom. The highest BCUT2D eigenvalue weighted by molar-refractivity contribution is 5.93. The van der Waals surface area contributed by atoms with Gasteiger partial charge in [0, 0.05) is 35.4 Å². The molecule has 2 amide bonds. The molecule has 5 nitrogen and oxygen atoms in total. The Hall–Kier alpha value is -2.79. The van der Waals surface area contributed by atoms with Crippen LogP contribution in [-0.4, -0.2) is 34.2 Å². The maximum atomic E-state index is 12.5. The van der Waals surface area contributed by atoms with E-state index in [-0.39, 0.29) is 19.2 Å². The molecule has 24 heavy (non-hydrogen) atoms. The number of aliphatic hydroxyl groups is 1. The molecule has 3 aromatic rings. The molecule has 0 fully saturated rings. The van der Waals surface area contributed by atoms with Gasteiger partial charge in [-0.2, -0.15) is 0 Å². The fraction of sp³-hybridized carbons (Fsp3) is 0.211. The van der Waals surface area contributed by atoms with Gasteiger partial charge in [0.15, 0.2) is 0 Å². The number of aryl methyl sites for hydroxylation is 1. The maximum absolute atomic E-state index is 12.5. The molecule has 0 aliphatic rings. The molecule has 0 aliphatic heterocycles. The Morgan fingerprint density at radius 2 is 1.96 bits per heavy atom. The van der Waals surface area contributed by atoms with E-state index in [1.807, 2.05) is 61.5 Å². The molecule has 0 bridgehead atoms. The highest BCUT2D eigenvalue weighted by Gasteiger charge is 2.14. The van der Waals surface area contributed by atoms with Crippen molar-refractivity contribution >= 4 is 22.6 Å². The van der Waals surface area contributed by atoms with Crippen LogP contribution in [0.3, 0.4) is 0 Å². The summed E-state index contributed by atoms with van der Waals surface area (Å²) in [6.45, 7) is 2.67. The predicted octanol–water partition coefficient (Wildman–Crippen LogP) is 3.50. The van der Waals surface area contributed by atoms with Gasteiger partial charge < -0.3 is 20.3 Å². The van der Waals surface area contributed by atoms with E-state index in [2.05, 4.69) is 10.3 Å². The molecular weight excluding hydrogens is 302 g/mol. The van der Waals surface area contributed by atoms with Crippen molar-refractivity contribution in [1.29, 1.82) is 0 Å². The monoisotopic (exact) mass is 323 g/mol. The summed E-state index contributed by atoms with van der Waals surface area (Å²) in [7, 11) is 0. The number of rotatable bonds is 5. The van der Waals surface area contributed by atoms with E-state index in [0.29, 0.717) is 6.54 Å². The van der Waals surface area contributed by atoms with Gasteiger partial charge in [0.2, 0.25) is 0 Å². The predicted molar refractivity (Wildman–Crippen MR) is 96.0 cm³/mol. The summed E-state index contributed by atoms with van der Waals surface area (Å²) in [4.78, 5) is 17.4. The molecule has 0 saturated heterocycles. The second-order valence-corrected chi connectivity index (χ2v) is 5.82. The van der Waals surface area contributed by atoms with Crippen LogP contribution in [0.25, 0.3) is 10.9 Å². The van der Waals surface area contributed by atoms with Crippen LogP contribution >= 0.6 is 0 Å². The van der Waals surface area contributed by atoms with Crippen LogP contribution in [0, 0.1) is 6.92 Å². The zero-order chi connectivity index (χ0) is 16.9. The van der Waals surface area contributed by atoms with E-state index in [1.54, 1.807) is 4.90 Å². The Labute approximate surface area is 140 Å². The Morgan fingerprint density at radius 1 is 1.17 bits per heavy atom. The third-order valence-corrected chi connectivity index (χ3v) is 3.88. The molecule has 3 N–H and O–H groups in total. The fourth-order valence-electron chi connectivity index (χ4n) is 2.73. The van der Waals surface area contributed by atoms with Gasteiger partial charge in [-0.25, -0.2) is 4.79 Å². The van der Waals surface area contributed by atoms with Crippen molar-refractivity contribution in [2.75, 3.05) is 18.5 Å². The minimum absolute atomic E-state index is 0.0731. The van der Waals surface area contributed by atoms with Gasteiger partial charge in [0.1, 0.15) is 0 Å². The van der Waals surface area contributed by atoms with Crippen LogP contribution in [0.2, 0.25) is 0 Å². The second-order valence-electron chi connectivity index (χ2n) is 5.82. The summed E-state index contributed by atoms with van der Waals surface area (Å²) in [5, 5.41) is 13.2. The first kappa shape index (κ1) is 16.1. The fourth-order valence-corrected chi connectivity index (χ4v) is 2.73. The maximum Gasteiger partial charge on any atom is 0.322 e. The number of amides is 2. The molecular formula is C19H21N3O2. The Balaban J connectivity index is 1.73. The van der Waals surface area contributed by atoms with Crippen LogP contribution in [0.5, 0.6) is 0 Å². The van der Waals surface area contributed by atoms with Crippen molar-refractivity contribution in [3.8, 4) is 0 Å². The standard InChI is InChI=1S/C19H21N3O2/c1-14-11-16-12-17(7-8-18(16)20-14)21-19(24)22(9-10-23)13-15-5-3-2-4-6-15/h2-8,11-12,20,23H,9-10,13H2,1H3,(H,21,24). The number of hydrogen-bond donors (Lipinski definition) is 3. The number of nitrogens with one attached hydrogen (secondary N) is 2. The van der Waals surface area contributed by atoms with Crippen LogP contribution in [0.15, 0.2) is 54.6 Å². The number of carbonyl (C=O) groups excluding carboxylic acids is 1. The first-order valence-electron chi connectivity index (χ1n) is 7.96. The lowest BCUT2D eigenvalue weighted by Gasteiger charge is -2.22. The summed E-state index contributed by atoms with van der Waals surface area (Å²) < 4.78 is 0. The van der Waals surface area contributed by atoms with Crippen LogP contribution in [0.4, 0.5) is 10.5 Å². The molecule has 0 aliphatic carbocycles. The smallest absolute Gasteiger partial charge is 0.322 e. The minimum atomic E-state index is -0.223. The SMILES string of the molecule is Cc1cc2cc(NC(=O)N(CCO)Cc3ccccc3)ccc2[nH]1. The van der Waals surface area contributed by atoms with Gasteiger partial charge in [-0.3, -0.25) is 0 Å². The van der Waals surface area contributed by atoms with Gasteiger partial charge in [0.05, 0.1) is 6.61 Å². The molecule has 0 unspecified atom stereocenters. The van der Waals surface area contributed by atoms with Crippen LogP contribution in [-0.2, 0) is 6.54 Å². The van der Waals surface area contributed by atoms with Crippen molar-refractivity contribution in [2.45, 2.75) is 13.5 Å². The van der Waals surface area contributed by atoms with E-state index in [1.165, 1.54) is 0 Å². The molecule has 0 atom stereocenters.